The van der Waals surface area contributed by atoms with E-state index in [-0.39, 0.29) is 11.3 Å². The number of nitrogens with one attached hydrogen (secondary N) is 1. The summed E-state index contributed by atoms with van der Waals surface area (Å²) in [6.07, 6.45) is -4.55. The fraction of sp³-hybridized carbons (Fsp3) is 0.105. The van der Waals surface area contributed by atoms with Crippen LogP contribution in [0.1, 0.15) is 11.3 Å². The summed E-state index contributed by atoms with van der Waals surface area (Å²) in [5, 5.41) is 12.7. The van der Waals surface area contributed by atoms with Crippen LogP contribution in [0, 0.1) is 17.1 Å². The maximum absolute atomic E-state index is 13.9. The number of aromatic amines is 1. The van der Waals surface area contributed by atoms with Crippen molar-refractivity contribution in [1.29, 1.82) is 5.26 Å². The third kappa shape index (κ3) is 2.89. The second-order valence-corrected chi connectivity index (χ2v) is 6.12. The Kier molecular flexibility index (Phi) is 3.92. The maximum Gasteiger partial charge on any atom is 0.435 e. The number of fused-ring (bicyclic) bond motifs is 1. The Morgan fingerprint density at radius 2 is 1.93 bits per heavy atom. The summed E-state index contributed by atoms with van der Waals surface area (Å²) >= 11 is 0. The van der Waals surface area contributed by atoms with Gasteiger partial charge in [-0.25, -0.2) is 9.37 Å². The predicted octanol–water partition coefficient (Wildman–Crippen LogP) is 4.66. The van der Waals surface area contributed by atoms with E-state index >= 15 is 0 Å². The SMILES string of the molecule is Cn1nc(C(F)(F)F)cc1-c1ccc2[nH]c(-c3cccc(F)c3C#N)cc2n1. The molecule has 0 aliphatic carbocycles. The Balaban J connectivity index is 1.82. The van der Waals surface area contributed by atoms with E-state index < -0.39 is 17.7 Å². The van der Waals surface area contributed by atoms with Gasteiger partial charge in [0.1, 0.15) is 11.9 Å². The number of aryl methyl sites for hydroxylation is 1. The van der Waals surface area contributed by atoms with Crippen molar-refractivity contribution < 1.29 is 17.6 Å². The molecule has 140 valence electrons. The molecule has 28 heavy (non-hydrogen) atoms. The number of hydrogen-bond acceptors (Lipinski definition) is 3. The molecule has 0 saturated heterocycles. The Labute approximate surface area is 155 Å². The van der Waals surface area contributed by atoms with Crippen molar-refractivity contribution in [2.75, 3.05) is 0 Å². The molecule has 1 N–H and O–H groups in total. The van der Waals surface area contributed by atoms with Gasteiger partial charge in [0.05, 0.1) is 28.0 Å². The highest BCUT2D eigenvalue weighted by atomic mass is 19.4. The van der Waals surface area contributed by atoms with Gasteiger partial charge in [0, 0.05) is 18.3 Å². The summed E-state index contributed by atoms with van der Waals surface area (Å²) in [5.74, 6) is -0.637. The first kappa shape index (κ1) is 17.7. The number of H-pyrrole nitrogens is 1. The van der Waals surface area contributed by atoms with E-state index in [1.165, 1.54) is 19.2 Å². The van der Waals surface area contributed by atoms with Crippen molar-refractivity contribution >= 4 is 11.0 Å². The molecule has 1 aromatic carbocycles. The van der Waals surface area contributed by atoms with Crippen molar-refractivity contribution in [2.45, 2.75) is 6.18 Å². The Morgan fingerprint density at radius 1 is 1.14 bits per heavy atom. The smallest absolute Gasteiger partial charge is 0.353 e. The molecule has 4 rings (SSSR count). The van der Waals surface area contributed by atoms with Crippen LogP contribution in [0.2, 0.25) is 0 Å². The minimum absolute atomic E-state index is 0.101. The first-order chi connectivity index (χ1) is 13.3. The number of rotatable bonds is 2. The monoisotopic (exact) mass is 385 g/mol. The molecular formula is C19H11F4N5. The summed E-state index contributed by atoms with van der Waals surface area (Å²) in [4.78, 5) is 7.44. The lowest BCUT2D eigenvalue weighted by molar-refractivity contribution is -0.141. The number of nitrogens with zero attached hydrogens (tertiary/aromatic N) is 4. The zero-order chi connectivity index (χ0) is 20.1. The highest BCUT2D eigenvalue weighted by Gasteiger charge is 2.34. The molecule has 0 spiro atoms. The number of pyridine rings is 1. The van der Waals surface area contributed by atoms with E-state index in [0.717, 1.165) is 10.7 Å². The van der Waals surface area contributed by atoms with Gasteiger partial charge < -0.3 is 4.98 Å². The normalized spacial score (nSPS) is 11.7. The second kappa shape index (κ2) is 6.20. The lowest BCUT2D eigenvalue weighted by Crippen LogP contribution is -2.06. The molecule has 0 amide bonds. The molecule has 0 aliphatic heterocycles. The standard InChI is InChI=1S/C19H11F4N5/c1-28-17(8-18(27-28)19(21,22)23)14-6-5-13-16(26-14)7-15(25-13)10-3-2-4-12(20)11(10)9-24/h2-8,25H,1H3. The quantitative estimate of drug-likeness (QED) is 0.510. The molecule has 0 radical (unpaired) electrons. The second-order valence-electron chi connectivity index (χ2n) is 6.12. The average molecular weight is 385 g/mol. The third-order valence-corrected chi connectivity index (χ3v) is 4.32. The van der Waals surface area contributed by atoms with E-state index in [1.807, 2.05) is 6.07 Å². The predicted molar refractivity (Wildman–Crippen MR) is 93.4 cm³/mol. The molecule has 9 heteroatoms. The van der Waals surface area contributed by atoms with Crippen LogP contribution in [0.4, 0.5) is 17.6 Å². The first-order valence-corrected chi connectivity index (χ1v) is 8.08. The highest BCUT2D eigenvalue weighted by Crippen LogP contribution is 2.32. The van der Waals surface area contributed by atoms with Gasteiger partial charge in [-0.15, -0.1) is 0 Å². The van der Waals surface area contributed by atoms with Crippen LogP contribution in [-0.2, 0) is 13.2 Å². The van der Waals surface area contributed by atoms with Crippen molar-refractivity contribution in [1.82, 2.24) is 19.7 Å². The Morgan fingerprint density at radius 3 is 2.61 bits per heavy atom. The molecule has 5 nitrogen and oxygen atoms in total. The van der Waals surface area contributed by atoms with Crippen LogP contribution in [0.15, 0.2) is 42.5 Å². The minimum atomic E-state index is -4.55. The number of hydrogen-bond donors (Lipinski definition) is 1. The molecule has 0 atom stereocenters. The summed E-state index contributed by atoms with van der Waals surface area (Å²) in [6, 6.07) is 11.9. The zero-order valence-corrected chi connectivity index (χ0v) is 14.3. The van der Waals surface area contributed by atoms with Gasteiger partial charge in [-0.1, -0.05) is 12.1 Å². The lowest BCUT2D eigenvalue weighted by Gasteiger charge is -2.01. The molecule has 0 bridgehead atoms. The van der Waals surface area contributed by atoms with Gasteiger partial charge in [-0.05, 0) is 30.3 Å². The number of benzene rings is 1. The van der Waals surface area contributed by atoms with Crippen molar-refractivity contribution in [3.05, 3.63) is 59.5 Å². The van der Waals surface area contributed by atoms with Crippen LogP contribution < -0.4 is 0 Å². The van der Waals surface area contributed by atoms with E-state index in [2.05, 4.69) is 15.1 Å². The molecule has 4 aromatic rings. The summed E-state index contributed by atoms with van der Waals surface area (Å²) < 4.78 is 53.6. The van der Waals surface area contributed by atoms with Gasteiger partial charge in [0.25, 0.3) is 0 Å². The minimum Gasteiger partial charge on any atom is -0.353 e. The van der Waals surface area contributed by atoms with Gasteiger partial charge in [0.15, 0.2) is 5.69 Å². The molecular weight excluding hydrogens is 374 g/mol. The molecule has 0 aliphatic rings. The molecule has 3 aromatic heterocycles. The van der Waals surface area contributed by atoms with E-state index in [9.17, 15) is 22.8 Å². The highest BCUT2D eigenvalue weighted by molar-refractivity contribution is 5.85. The topological polar surface area (TPSA) is 70.3 Å². The number of nitriles is 1. The Bertz CT molecular complexity index is 1240. The van der Waals surface area contributed by atoms with Crippen LogP contribution >= 0.6 is 0 Å². The lowest BCUT2D eigenvalue weighted by atomic mass is 10.1. The molecule has 3 heterocycles. The largest absolute Gasteiger partial charge is 0.435 e. The fourth-order valence-corrected chi connectivity index (χ4v) is 3.00. The summed E-state index contributed by atoms with van der Waals surface area (Å²) in [6.45, 7) is 0. The van der Waals surface area contributed by atoms with Crippen molar-refractivity contribution in [3.8, 4) is 28.7 Å². The molecule has 0 saturated carbocycles. The number of alkyl halides is 3. The van der Waals surface area contributed by atoms with E-state index in [0.29, 0.717) is 28.0 Å². The van der Waals surface area contributed by atoms with Crippen LogP contribution in [0.3, 0.4) is 0 Å². The number of halogens is 4. The first-order valence-electron chi connectivity index (χ1n) is 8.08. The molecule has 0 fully saturated rings. The van der Waals surface area contributed by atoms with Crippen LogP contribution in [-0.4, -0.2) is 19.7 Å². The third-order valence-electron chi connectivity index (χ3n) is 4.32. The van der Waals surface area contributed by atoms with Gasteiger partial charge >= 0.3 is 6.18 Å². The summed E-state index contributed by atoms with van der Waals surface area (Å²) in [7, 11) is 1.41. The van der Waals surface area contributed by atoms with Gasteiger partial charge in [-0.2, -0.15) is 23.5 Å². The average Bonchev–Trinajstić information content (AvgIpc) is 3.24. The number of aromatic nitrogens is 4. The van der Waals surface area contributed by atoms with Crippen LogP contribution in [0.5, 0.6) is 0 Å². The maximum atomic E-state index is 13.9. The van der Waals surface area contributed by atoms with Gasteiger partial charge in [0.2, 0.25) is 0 Å². The van der Waals surface area contributed by atoms with Crippen LogP contribution in [0.25, 0.3) is 33.7 Å². The van der Waals surface area contributed by atoms with E-state index in [4.69, 9.17) is 0 Å². The fourth-order valence-electron chi connectivity index (χ4n) is 3.00. The van der Waals surface area contributed by atoms with E-state index in [1.54, 1.807) is 24.3 Å². The van der Waals surface area contributed by atoms with Gasteiger partial charge in [-0.3, -0.25) is 4.68 Å². The Hall–Kier alpha value is -3.67. The zero-order valence-electron chi connectivity index (χ0n) is 14.3. The summed E-state index contributed by atoms with van der Waals surface area (Å²) in [5.41, 5.74) is 1.35. The molecule has 0 unspecified atom stereocenters. The van der Waals surface area contributed by atoms with Crippen molar-refractivity contribution in [3.63, 3.8) is 0 Å². The van der Waals surface area contributed by atoms with Crippen molar-refractivity contribution in [2.24, 2.45) is 7.05 Å².